The van der Waals surface area contributed by atoms with Crippen molar-refractivity contribution < 1.29 is 9.47 Å². The maximum atomic E-state index is 6.91. The second kappa shape index (κ2) is 9.01. The molecule has 10 atom stereocenters. The monoisotopic (exact) mass is 508 g/mol. The lowest BCUT2D eigenvalue weighted by Crippen LogP contribution is -2.63. The molecule has 1 aromatic rings. The molecule has 0 N–H and O–H groups in total. The van der Waals surface area contributed by atoms with Crippen LogP contribution in [0.5, 0.6) is 0 Å². The van der Waals surface area contributed by atoms with Gasteiger partial charge in [-0.2, -0.15) is 0 Å². The number of aromatic nitrogens is 2. The van der Waals surface area contributed by atoms with Crippen LogP contribution < -0.4 is 0 Å². The Bertz CT molecular complexity index is 1020. The molecule has 1 aromatic heterocycles. The minimum Gasteiger partial charge on any atom is -0.344 e. The van der Waals surface area contributed by atoms with Crippen molar-refractivity contribution in [2.75, 3.05) is 0 Å². The molecule has 0 amide bonds. The van der Waals surface area contributed by atoms with Gasteiger partial charge >= 0.3 is 0 Å². The summed E-state index contributed by atoms with van der Waals surface area (Å²) in [6.45, 7) is 18.9. The van der Waals surface area contributed by atoms with Crippen LogP contribution in [0.2, 0.25) is 0 Å². The van der Waals surface area contributed by atoms with E-state index in [4.69, 9.17) is 14.5 Å². The third kappa shape index (κ3) is 4.14. The first kappa shape index (κ1) is 26.2. The van der Waals surface area contributed by atoms with E-state index in [1.165, 1.54) is 56.2 Å². The first-order chi connectivity index (χ1) is 17.4. The van der Waals surface area contributed by atoms with Crippen LogP contribution in [0.15, 0.2) is 6.20 Å². The SMILES string of the molecule is Cc1ncc2c(n1)C[C@@H]1[C@H]3OC(C)(C)O[C@@H]3[C@@H]3[C@H](CC[C@]4(C)[C@@H]([C@H](C)CCCC(C)C)CC[C@@H]34)[C@@]1(C)C2. The molecule has 0 radical (unpaired) electrons. The van der Waals surface area contributed by atoms with E-state index in [1.54, 1.807) is 0 Å². The lowest BCUT2D eigenvalue weighted by atomic mass is 9.43. The number of fused-ring (bicyclic) bond motifs is 9. The number of ether oxygens (including phenoxy) is 2. The van der Waals surface area contributed by atoms with E-state index < -0.39 is 5.79 Å². The van der Waals surface area contributed by atoms with Crippen LogP contribution in [0, 0.1) is 59.2 Å². The molecular weight excluding hydrogens is 456 g/mol. The van der Waals surface area contributed by atoms with Crippen molar-refractivity contribution in [3.63, 3.8) is 0 Å². The molecule has 37 heavy (non-hydrogen) atoms. The molecule has 5 aliphatic rings. The zero-order valence-electron chi connectivity index (χ0n) is 24.8. The average Bonchev–Trinajstić information content (AvgIpc) is 3.33. The Morgan fingerprint density at radius 1 is 0.919 bits per heavy atom. The maximum absolute atomic E-state index is 6.91. The summed E-state index contributed by atoms with van der Waals surface area (Å²) < 4.78 is 13.8. The molecule has 4 nitrogen and oxygen atoms in total. The standard InChI is InChI=1S/C33H52N2O2/c1-19(2)10-9-11-20(3)23-12-13-24-28-25(14-15-32(23,24)7)33(8)17-22-18-34-21(4)35-27(22)16-26(33)29-30(28)37-31(5,6)36-29/h18-20,23-26,28-30H,9-17H2,1-8H3/t20-,23-,24+,25+,26-,28+,29-,30-,32-,33-/m1/s1. The van der Waals surface area contributed by atoms with Gasteiger partial charge in [0, 0.05) is 11.9 Å². The van der Waals surface area contributed by atoms with Crippen molar-refractivity contribution in [3.05, 3.63) is 23.3 Å². The maximum Gasteiger partial charge on any atom is 0.163 e. The first-order valence-electron chi connectivity index (χ1n) is 15.6. The molecule has 1 saturated heterocycles. The zero-order chi connectivity index (χ0) is 26.3. The molecule has 3 saturated carbocycles. The lowest BCUT2D eigenvalue weighted by Gasteiger charge is -2.63. The molecule has 0 aromatic carbocycles. The summed E-state index contributed by atoms with van der Waals surface area (Å²) in [5.74, 6) is 5.42. The van der Waals surface area contributed by atoms with Gasteiger partial charge in [0.25, 0.3) is 0 Å². The Hall–Kier alpha value is -1.00. The highest BCUT2D eigenvalue weighted by Gasteiger charge is 2.68. The Balaban J connectivity index is 1.33. The van der Waals surface area contributed by atoms with E-state index in [2.05, 4.69) is 59.6 Å². The Labute approximate surface area is 226 Å². The zero-order valence-corrected chi connectivity index (χ0v) is 24.8. The van der Waals surface area contributed by atoms with E-state index in [9.17, 15) is 0 Å². The summed E-state index contributed by atoms with van der Waals surface area (Å²) in [7, 11) is 0. The fraction of sp³-hybridized carbons (Fsp3) is 0.879. The molecular formula is C33H52N2O2. The highest BCUT2D eigenvalue weighted by atomic mass is 16.8. The van der Waals surface area contributed by atoms with Crippen molar-refractivity contribution in [3.8, 4) is 0 Å². The molecule has 0 unspecified atom stereocenters. The third-order valence-electron chi connectivity index (χ3n) is 12.2. The Kier molecular flexibility index (Phi) is 6.39. The predicted octanol–water partition coefficient (Wildman–Crippen LogP) is 7.56. The fourth-order valence-corrected chi connectivity index (χ4v) is 10.6. The van der Waals surface area contributed by atoms with Crippen LogP contribution in [0.1, 0.15) is 110 Å². The van der Waals surface area contributed by atoms with E-state index in [1.807, 2.05) is 6.92 Å². The molecule has 4 aliphatic carbocycles. The van der Waals surface area contributed by atoms with Gasteiger partial charge in [-0.05, 0) is 117 Å². The van der Waals surface area contributed by atoms with Gasteiger partial charge < -0.3 is 9.47 Å². The van der Waals surface area contributed by atoms with Crippen LogP contribution in [-0.2, 0) is 22.3 Å². The molecule has 0 bridgehead atoms. The molecule has 206 valence electrons. The van der Waals surface area contributed by atoms with E-state index in [-0.39, 0.29) is 17.6 Å². The van der Waals surface area contributed by atoms with Gasteiger partial charge in [0.05, 0.1) is 12.2 Å². The average molecular weight is 509 g/mol. The Morgan fingerprint density at radius 2 is 1.65 bits per heavy atom. The third-order valence-corrected chi connectivity index (χ3v) is 12.2. The van der Waals surface area contributed by atoms with Crippen molar-refractivity contribution in [2.24, 2.45) is 52.3 Å². The smallest absolute Gasteiger partial charge is 0.163 e. The van der Waals surface area contributed by atoms with Crippen molar-refractivity contribution in [1.82, 2.24) is 9.97 Å². The summed E-state index contributed by atoms with van der Waals surface area (Å²) in [6, 6.07) is 0. The largest absolute Gasteiger partial charge is 0.344 e. The second-order valence-electron chi connectivity index (χ2n) is 15.3. The van der Waals surface area contributed by atoms with E-state index in [0.29, 0.717) is 23.2 Å². The predicted molar refractivity (Wildman–Crippen MR) is 148 cm³/mol. The van der Waals surface area contributed by atoms with Crippen LogP contribution in [0.3, 0.4) is 0 Å². The fourth-order valence-electron chi connectivity index (χ4n) is 10.6. The van der Waals surface area contributed by atoms with Gasteiger partial charge in [0.15, 0.2) is 5.79 Å². The lowest BCUT2D eigenvalue weighted by molar-refractivity contribution is -0.173. The van der Waals surface area contributed by atoms with Crippen LogP contribution in [-0.4, -0.2) is 28.0 Å². The second-order valence-corrected chi connectivity index (χ2v) is 15.3. The molecule has 0 spiro atoms. The van der Waals surface area contributed by atoms with Crippen LogP contribution >= 0.6 is 0 Å². The summed E-state index contributed by atoms with van der Waals surface area (Å²) in [5, 5.41) is 0. The van der Waals surface area contributed by atoms with Crippen molar-refractivity contribution in [1.29, 1.82) is 0 Å². The minimum atomic E-state index is -0.497. The molecule has 4 heteroatoms. The number of nitrogens with zero attached hydrogens (tertiary/aromatic N) is 2. The highest BCUT2D eigenvalue weighted by molar-refractivity contribution is 5.28. The van der Waals surface area contributed by atoms with Crippen LogP contribution in [0.4, 0.5) is 0 Å². The minimum absolute atomic E-state index is 0.175. The topological polar surface area (TPSA) is 44.2 Å². The Morgan fingerprint density at radius 3 is 2.41 bits per heavy atom. The highest BCUT2D eigenvalue weighted by Crippen LogP contribution is 2.69. The van der Waals surface area contributed by atoms with Gasteiger partial charge in [0.2, 0.25) is 0 Å². The van der Waals surface area contributed by atoms with Gasteiger partial charge in [-0.15, -0.1) is 0 Å². The number of rotatable bonds is 5. The summed E-state index contributed by atoms with van der Waals surface area (Å²) in [4.78, 5) is 9.53. The molecule has 6 rings (SSSR count). The number of hydrogen-bond acceptors (Lipinski definition) is 4. The van der Waals surface area contributed by atoms with Gasteiger partial charge in [-0.1, -0.05) is 53.9 Å². The summed E-state index contributed by atoms with van der Waals surface area (Å²) in [6.07, 6.45) is 14.3. The van der Waals surface area contributed by atoms with Gasteiger partial charge in [0.1, 0.15) is 5.82 Å². The number of hydrogen-bond donors (Lipinski definition) is 0. The summed E-state index contributed by atoms with van der Waals surface area (Å²) >= 11 is 0. The summed E-state index contributed by atoms with van der Waals surface area (Å²) in [5.41, 5.74) is 3.31. The molecule has 2 heterocycles. The van der Waals surface area contributed by atoms with Gasteiger partial charge in [-0.3, -0.25) is 0 Å². The normalized spacial score (nSPS) is 44.5. The molecule has 4 fully saturated rings. The van der Waals surface area contributed by atoms with E-state index in [0.717, 1.165) is 42.3 Å². The van der Waals surface area contributed by atoms with Crippen molar-refractivity contribution in [2.45, 2.75) is 131 Å². The number of aryl methyl sites for hydroxylation is 1. The van der Waals surface area contributed by atoms with Gasteiger partial charge in [-0.25, -0.2) is 9.97 Å². The molecule has 1 aliphatic heterocycles. The van der Waals surface area contributed by atoms with Crippen LogP contribution in [0.25, 0.3) is 0 Å². The quantitative estimate of drug-likeness (QED) is 0.412. The first-order valence-corrected chi connectivity index (χ1v) is 15.6. The van der Waals surface area contributed by atoms with Crippen molar-refractivity contribution >= 4 is 0 Å². The van der Waals surface area contributed by atoms with E-state index >= 15 is 0 Å².